The van der Waals surface area contributed by atoms with E-state index in [4.69, 9.17) is 0 Å². The van der Waals surface area contributed by atoms with Crippen LogP contribution in [0.5, 0.6) is 0 Å². The van der Waals surface area contributed by atoms with Crippen LogP contribution in [0.1, 0.15) is 104 Å². The minimum Gasteiger partial charge on any atom is -0.318 e. The highest BCUT2D eigenvalue weighted by atomic mass is 15.2. The molecule has 0 fully saturated rings. The third kappa shape index (κ3) is 4.92. The SMILES string of the molecule is CC1(C)C2=CC(N(C3=CC=C(C4=CC=CCC4)CC3)C3=CC=C(C4CC=CCC4)CC3)=CCC2C2=C1CCC1=C2C=CCC1. The molecular weight excluding hydrogens is 530 g/mol. The zero-order chi connectivity index (χ0) is 29.7. The van der Waals surface area contributed by atoms with Crippen LogP contribution in [0.25, 0.3) is 0 Å². The van der Waals surface area contributed by atoms with Gasteiger partial charge >= 0.3 is 0 Å². The van der Waals surface area contributed by atoms with E-state index in [0.717, 1.165) is 31.6 Å². The van der Waals surface area contributed by atoms with Crippen LogP contribution in [-0.4, -0.2) is 4.90 Å². The molecule has 8 rings (SSSR count). The number of rotatable bonds is 5. The van der Waals surface area contributed by atoms with E-state index in [2.05, 4.69) is 97.7 Å². The topological polar surface area (TPSA) is 3.24 Å². The fourth-order valence-electron chi connectivity index (χ4n) is 9.54. The highest BCUT2D eigenvalue weighted by Crippen LogP contribution is 2.60. The number of nitrogens with zero attached hydrogens (tertiary/aromatic N) is 1. The summed E-state index contributed by atoms with van der Waals surface area (Å²) in [5.74, 6) is 1.29. The van der Waals surface area contributed by atoms with Crippen molar-refractivity contribution < 1.29 is 0 Å². The Morgan fingerprint density at radius 1 is 0.705 bits per heavy atom. The Kier molecular flexibility index (Phi) is 7.40. The molecule has 0 radical (unpaired) electrons. The normalized spacial score (nSPS) is 29.0. The summed E-state index contributed by atoms with van der Waals surface area (Å²) in [6, 6.07) is 0. The van der Waals surface area contributed by atoms with Crippen molar-refractivity contribution in [2.75, 3.05) is 0 Å². The highest BCUT2D eigenvalue weighted by molar-refractivity contribution is 5.63. The van der Waals surface area contributed by atoms with Gasteiger partial charge in [0.05, 0.1) is 0 Å². The molecule has 0 heterocycles. The van der Waals surface area contributed by atoms with Crippen LogP contribution in [0.4, 0.5) is 0 Å². The molecule has 1 heteroatoms. The van der Waals surface area contributed by atoms with Gasteiger partial charge in [-0.2, -0.15) is 0 Å². The molecule has 0 aromatic rings. The Balaban J connectivity index is 1.15. The van der Waals surface area contributed by atoms with E-state index in [1.165, 1.54) is 92.4 Å². The number of hydrogen-bond donors (Lipinski definition) is 0. The van der Waals surface area contributed by atoms with Crippen molar-refractivity contribution in [2.45, 2.75) is 104 Å². The van der Waals surface area contributed by atoms with E-state index in [9.17, 15) is 0 Å². The highest BCUT2D eigenvalue weighted by Gasteiger charge is 2.46. The van der Waals surface area contributed by atoms with Gasteiger partial charge in [0.25, 0.3) is 0 Å². The van der Waals surface area contributed by atoms with Crippen LogP contribution in [0.2, 0.25) is 0 Å². The monoisotopic (exact) mass is 579 g/mol. The Morgan fingerprint density at radius 2 is 1.55 bits per heavy atom. The van der Waals surface area contributed by atoms with Gasteiger partial charge in [0.1, 0.15) is 0 Å². The molecule has 0 aromatic carbocycles. The number of fused-ring (bicyclic) bond motifs is 3. The smallest absolute Gasteiger partial charge is 0.0415 e. The lowest BCUT2D eigenvalue weighted by Crippen LogP contribution is -2.27. The minimum absolute atomic E-state index is 0.131. The summed E-state index contributed by atoms with van der Waals surface area (Å²) in [5, 5.41) is 0. The summed E-state index contributed by atoms with van der Waals surface area (Å²) in [6.07, 6.45) is 48.6. The van der Waals surface area contributed by atoms with E-state index >= 15 is 0 Å². The summed E-state index contributed by atoms with van der Waals surface area (Å²) in [6.45, 7) is 5.04. The molecule has 0 bridgehead atoms. The standard InChI is InChI=1S/C43H49N/c1-43(2)40-28-21-34-15-9-10-16-38(34)42(40)39-27-26-37(29-41(39)43)44(35-22-17-32(18-23-35)30-11-5-3-6-12-30)36-24-19-33(20-25-36)31-13-7-4-8-14-31/h3-5,7,10-11,16-17,19,22,24,26,29,31,39H,6,8-9,12-15,18,20-21,23,25,27-28H2,1-2H3. The van der Waals surface area contributed by atoms with Crippen molar-refractivity contribution in [3.8, 4) is 0 Å². The summed E-state index contributed by atoms with van der Waals surface area (Å²) in [4.78, 5) is 2.69. The first kappa shape index (κ1) is 28.2. The molecule has 0 saturated carbocycles. The molecule has 0 spiro atoms. The first-order chi connectivity index (χ1) is 21.6. The van der Waals surface area contributed by atoms with E-state index in [1.54, 1.807) is 33.4 Å². The molecule has 0 aliphatic heterocycles. The second-order valence-corrected chi connectivity index (χ2v) is 14.7. The van der Waals surface area contributed by atoms with Crippen molar-refractivity contribution >= 4 is 0 Å². The lowest BCUT2D eigenvalue weighted by molar-refractivity contribution is 0.452. The van der Waals surface area contributed by atoms with Crippen molar-refractivity contribution in [1.82, 2.24) is 4.90 Å². The quantitative estimate of drug-likeness (QED) is 0.293. The lowest BCUT2D eigenvalue weighted by Gasteiger charge is -2.38. The van der Waals surface area contributed by atoms with Gasteiger partial charge in [0.2, 0.25) is 0 Å². The van der Waals surface area contributed by atoms with Crippen LogP contribution in [-0.2, 0) is 0 Å². The van der Waals surface area contributed by atoms with Crippen LogP contribution in [0.15, 0.2) is 141 Å². The molecule has 44 heavy (non-hydrogen) atoms. The first-order valence-corrected chi connectivity index (χ1v) is 17.7. The number of allylic oxidation sites excluding steroid dienone is 23. The maximum atomic E-state index is 2.69. The van der Waals surface area contributed by atoms with Gasteiger partial charge < -0.3 is 4.90 Å². The van der Waals surface area contributed by atoms with Crippen LogP contribution < -0.4 is 0 Å². The van der Waals surface area contributed by atoms with Crippen molar-refractivity contribution in [3.05, 3.63) is 141 Å². The van der Waals surface area contributed by atoms with E-state index in [1.807, 2.05) is 0 Å². The molecule has 0 N–H and O–H groups in total. The van der Waals surface area contributed by atoms with Gasteiger partial charge in [-0.05, 0) is 136 Å². The summed E-state index contributed by atoms with van der Waals surface area (Å²) in [5.41, 5.74) is 17.7. The molecule has 0 amide bonds. The molecule has 0 aromatic heterocycles. The zero-order valence-corrected chi connectivity index (χ0v) is 27.0. The molecule has 2 unspecified atom stereocenters. The lowest BCUT2D eigenvalue weighted by atomic mass is 9.75. The first-order valence-electron chi connectivity index (χ1n) is 17.7. The van der Waals surface area contributed by atoms with Gasteiger partial charge in [0.15, 0.2) is 0 Å². The third-order valence-corrected chi connectivity index (χ3v) is 12.0. The van der Waals surface area contributed by atoms with Crippen LogP contribution in [0, 0.1) is 17.3 Å². The molecule has 8 aliphatic carbocycles. The molecule has 0 saturated heterocycles. The largest absolute Gasteiger partial charge is 0.318 e. The second-order valence-electron chi connectivity index (χ2n) is 14.7. The van der Waals surface area contributed by atoms with Gasteiger partial charge in [-0.1, -0.05) is 96.9 Å². The Morgan fingerprint density at radius 3 is 2.30 bits per heavy atom. The van der Waals surface area contributed by atoms with Crippen LogP contribution in [0.3, 0.4) is 0 Å². The van der Waals surface area contributed by atoms with Crippen molar-refractivity contribution in [2.24, 2.45) is 17.3 Å². The van der Waals surface area contributed by atoms with Gasteiger partial charge in [0, 0.05) is 28.4 Å². The fourth-order valence-corrected chi connectivity index (χ4v) is 9.54. The minimum atomic E-state index is 0.131. The van der Waals surface area contributed by atoms with Gasteiger partial charge in [-0.15, -0.1) is 0 Å². The summed E-state index contributed by atoms with van der Waals surface area (Å²) < 4.78 is 0. The molecule has 2 atom stereocenters. The zero-order valence-electron chi connectivity index (χ0n) is 27.0. The van der Waals surface area contributed by atoms with Crippen molar-refractivity contribution in [1.29, 1.82) is 0 Å². The second kappa shape index (κ2) is 11.6. The Hall–Kier alpha value is -3.32. The van der Waals surface area contributed by atoms with E-state index < -0.39 is 0 Å². The maximum absolute atomic E-state index is 2.69. The molecular formula is C43H49N. The average molecular weight is 580 g/mol. The van der Waals surface area contributed by atoms with Crippen LogP contribution >= 0.6 is 0 Å². The fraction of sp³-hybridized carbons (Fsp3) is 0.442. The van der Waals surface area contributed by atoms with E-state index in [0.29, 0.717) is 5.92 Å². The van der Waals surface area contributed by atoms with Gasteiger partial charge in [-0.25, -0.2) is 0 Å². The molecule has 1 nitrogen and oxygen atoms in total. The predicted molar refractivity (Wildman–Crippen MR) is 185 cm³/mol. The predicted octanol–water partition coefficient (Wildman–Crippen LogP) is 11.7. The van der Waals surface area contributed by atoms with Gasteiger partial charge in [-0.3, -0.25) is 0 Å². The van der Waals surface area contributed by atoms with E-state index in [-0.39, 0.29) is 5.41 Å². The Bertz CT molecular complexity index is 1620. The molecule has 8 aliphatic rings. The summed E-state index contributed by atoms with van der Waals surface area (Å²) in [7, 11) is 0. The third-order valence-electron chi connectivity index (χ3n) is 12.0. The average Bonchev–Trinajstić information content (AvgIpc) is 3.32. The summed E-state index contributed by atoms with van der Waals surface area (Å²) >= 11 is 0. The molecule has 226 valence electrons. The van der Waals surface area contributed by atoms with Crippen molar-refractivity contribution in [3.63, 3.8) is 0 Å². The Labute approximate surface area is 266 Å². The maximum Gasteiger partial charge on any atom is 0.0415 e. The number of hydrogen-bond acceptors (Lipinski definition) is 1.